The van der Waals surface area contributed by atoms with Gasteiger partial charge in [0.05, 0.1) is 10.9 Å². The summed E-state index contributed by atoms with van der Waals surface area (Å²) in [6.45, 7) is 2.27. The molecule has 118 valence electrons. The zero-order valence-corrected chi connectivity index (χ0v) is 13.1. The largest absolute Gasteiger partial charge is 0.382 e. The quantitative estimate of drug-likeness (QED) is 0.592. The summed E-state index contributed by atoms with van der Waals surface area (Å²) >= 11 is 6.13. The molecule has 23 heavy (non-hydrogen) atoms. The zero-order valence-electron chi connectivity index (χ0n) is 12.4. The van der Waals surface area contributed by atoms with Crippen LogP contribution in [-0.4, -0.2) is 21.2 Å². The Morgan fingerprint density at radius 3 is 3.04 bits per heavy atom. The molecule has 0 spiro atoms. The SMILES string of the molecule is Cc1cccc(Cl)c1CNC(=O)Nc1cc2[nH]nc(N)c2cn1. The van der Waals surface area contributed by atoms with E-state index in [0.29, 0.717) is 34.1 Å². The highest BCUT2D eigenvalue weighted by Crippen LogP contribution is 2.20. The van der Waals surface area contributed by atoms with E-state index in [1.54, 1.807) is 18.3 Å². The van der Waals surface area contributed by atoms with Gasteiger partial charge in [0.25, 0.3) is 0 Å². The summed E-state index contributed by atoms with van der Waals surface area (Å²) in [4.78, 5) is 16.1. The number of aromatic amines is 1. The average molecular weight is 331 g/mol. The smallest absolute Gasteiger partial charge is 0.320 e. The number of urea groups is 1. The van der Waals surface area contributed by atoms with Gasteiger partial charge < -0.3 is 11.1 Å². The third-order valence-electron chi connectivity index (χ3n) is 3.50. The number of nitrogens with two attached hydrogens (primary N) is 1. The molecule has 2 aromatic heterocycles. The van der Waals surface area contributed by atoms with Crippen molar-refractivity contribution in [2.75, 3.05) is 11.1 Å². The van der Waals surface area contributed by atoms with Crippen LogP contribution in [0.2, 0.25) is 5.02 Å². The van der Waals surface area contributed by atoms with E-state index in [-0.39, 0.29) is 6.03 Å². The first kappa shape index (κ1) is 15.1. The lowest BCUT2D eigenvalue weighted by Crippen LogP contribution is -2.28. The summed E-state index contributed by atoms with van der Waals surface area (Å²) in [5.41, 5.74) is 8.28. The molecule has 0 aliphatic rings. The fraction of sp³-hybridized carbons (Fsp3) is 0.133. The Hall–Kier alpha value is -2.80. The number of aryl methyl sites for hydroxylation is 1. The Morgan fingerprint density at radius 1 is 1.43 bits per heavy atom. The fourth-order valence-corrected chi connectivity index (χ4v) is 2.51. The minimum absolute atomic E-state index is 0.330. The maximum absolute atomic E-state index is 12.0. The third-order valence-corrected chi connectivity index (χ3v) is 3.85. The number of benzene rings is 1. The van der Waals surface area contributed by atoms with Crippen LogP contribution in [-0.2, 0) is 6.54 Å². The Morgan fingerprint density at radius 2 is 2.26 bits per heavy atom. The van der Waals surface area contributed by atoms with Crippen LogP contribution in [0, 0.1) is 6.92 Å². The van der Waals surface area contributed by atoms with Crippen LogP contribution in [0.5, 0.6) is 0 Å². The molecule has 0 bridgehead atoms. The van der Waals surface area contributed by atoms with E-state index in [9.17, 15) is 4.79 Å². The van der Waals surface area contributed by atoms with Crippen LogP contribution >= 0.6 is 11.6 Å². The molecule has 2 amide bonds. The predicted molar refractivity (Wildman–Crippen MR) is 90.3 cm³/mol. The normalized spacial score (nSPS) is 10.7. The molecule has 0 saturated heterocycles. The number of nitrogens with one attached hydrogen (secondary N) is 3. The number of hydrogen-bond donors (Lipinski definition) is 4. The summed E-state index contributed by atoms with van der Waals surface area (Å²) in [5.74, 6) is 0.771. The molecule has 0 fully saturated rings. The number of pyridine rings is 1. The summed E-state index contributed by atoms with van der Waals surface area (Å²) < 4.78 is 0. The zero-order chi connectivity index (χ0) is 16.4. The molecule has 2 heterocycles. The van der Waals surface area contributed by atoms with Gasteiger partial charge in [-0.25, -0.2) is 9.78 Å². The number of halogens is 1. The third kappa shape index (κ3) is 3.19. The summed E-state index contributed by atoms with van der Waals surface area (Å²) in [6.07, 6.45) is 1.56. The molecule has 0 atom stereocenters. The van der Waals surface area contributed by atoms with Crippen molar-refractivity contribution < 1.29 is 4.79 Å². The van der Waals surface area contributed by atoms with Crippen molar-refractivity contribution in [3.8, 4) is 0 Å². The van der Waals surface area contributed by atoms with E-state index in [0.717, 1.165) is 11.1 Å². The lowest BCUT2D eigenvalue weighted by atomic mass is 10.1. The molecule has 0 saturated carbocycles. The second-order valence-electron chi connectivity index (χ2n) is 5.07. The predicted octanol–water partition coefficient (Wildman–Crippen LogP) is 2.82. The Labute approximate surface area is 137 Å². The summed E-state index contributed by atoms with van der Waals surface area (Å²) in [5, 5.41) is 13.4. The molecule has 1 aromatic carbocycles. The number of rotatable bonds is 3. The van der Waals surface area contributed by atoms with Gasteiger partial charge in [-0.2, -0.15) is 5.10 Å². The van der Waals surface area contributed by atoms with E-state index >= 15 is 0 Å². The van der Waals surface area contributed by atoms with Crippen molar-refractivity contribution in [1.82, 2.24) is 20.5 Å². The van der Waals surface area contributed by atoms with Crippen LogP contribution in [0.15, 0.2) is 30.5 Å². The van der Waals surface area contributed by atoms with E-state index in [2.05, 4.69) is 25.8 Å². The van der Waals surface area contributed by atoms with Gasteiger partial charge in [0.2, 0.25) is 0 Å². The van der Waals surface area contributed by atoms with Crippen molar-refractivity contribution in [2.24, 2.45) is 0 Å². The van der Waals surface area contributed by atoms with Crippen molar-refractivity contribution in [2.45, 2.75) is 13.5 Å². The monoisotopic (exact) mass is 330 g/mol. The van der Waals surface area contributed by atoms with Gasteiger partial charge in [-0.1, -0.05) is 23.7 Å². The van der Waals surface area contributed by atoms with Gasteiger partial charge in [-0.15, -0.1) is 0 Å². The molecule has 8 heteroatoms. The molecule has 0 unspecified atom stereocenters. The Kier molecular flexibility index (Phi) is 4.03. The number of nitrogen functional groups attached to an aromatic ring is 1. The first-order valence-electron chi connectivity index (χ1n) is 6.93. The van der Waals surface area contributed by atoms with Crippen LogP contribution in [0.4, 0.5) is 16.4 Å². The van der Waals surface area contributed by atoms with Crippen LogP contribution in [0.25, 0.3) is 10.9 Å². The van der Waals surface area contributed by atoms with Gasteiger partial charge in [-0.3, -0.25) is 10.4 Å². The molecular weight excluding hydrogens is 316 g/mol. The second-order valence-corrected chi connectivity index (χ2v) is 5.47. The van der Waals surface area contributed by atoms with Gasteiger partial charge in [-0.05, 0) is 24.1 Å². The first-order chi connectivity index (χ1) is 11.0. The first-order valence-corrected chi connectivity index (χ1v) is 7.31. The highest BCUT2D eigenvalue weighted by atomic mass is 35.5. The fourth-order valence-electron chi connectivity index (χ4n) is 2.22. The van der Waals surface area contributed by atoms with Crippen LogP contribution in [0.1, 0.15) is 11.1 Å². The molecule has 5 N–H and O–H groups in total. The molecule has 0 radical (unpaired) electrons. The number of fused-ring (bicyclic) bond motifs is 1. The van der Waals surface area contributed by atoms with Crippen molar-refractivity contribution in [1.29, 1.82) is 0 Å². The van der Waals surface area contributed by atoms with Crippen molar-refractivity contribution in [3.63, 3.8) is 0 Å². The lowest BCUT2D eigenvalue weighted by molar-refractivity contribution is 0.251. The number of H-pyrrole nitrogens is 1. The highest BCUT2D eigenvalue weighted by molar-refractivity contribution is 6.31. The second kappa shape index (κ2) is 6.13. The van der Waals surface area contributed by atoms with E-state index in [4.69, 9.17) is 17.3 Å². The molecule has 3 rings (SSSR count). The molecular formula is C15H15ClN6O. The summed E-state index contributed by atoms with van der Waals surface area (Å²) in [7, 11) is 0. The van der Waals surface area contributed by atoms with Crippen LogP contribution in [0.3, 0.4) is 0 Å². The van der Waals surface area contributed by atoms with Crippen LogP contribution < -0.4 is 16.4 Å². The average Bonchev–Trinajstić information content (AvgIpc) is 2.87. The van der Waals surface area contributed by atoms with Crippen molar-refractivity contribution >= 4 is 40.2 Å². The molecule has 7 nitrogen and oxygen atoms in total. The summed E-state index contributed by atoms with van der Waals surface area (Å²) in [6, 6.07) is 6.90. The Balaban J connectivity index is 1.66. The molecule has 0 aliphatic heterocycles. The molecule has 3 aromatic rings. The highest BCUT2D eigenvalue weighted by Gasteiger charge is 2.09. The number of aromatic nitrogens is 3. The molecule has 0 aliphatic carbocycles. The number of anilines is 2. The van der Waals surface area contributed by atoms with E-state index < -0.39 is 0 Å². The number of carbonyl (C=O) groups is 1. The van der Waals surface area contributed by atoms with Gasteiger partial charge in [0, 0.05) is 23.8 Å². The van der Waals surface area contributed by atoms with Gasteiger partial charge in [0.15, 0.2) is 5.82 Å². The topological polar surface area (TPSA) is 109 Å². The number of nitrogens with zero attached hydrogens (tertiary/aromatic N) is 2. The minimum atomic E-state index is -0.372. The number of hydrogen-bond acceptors (Lipinski definition) is 4. The van der Waals surface area contributed by atoms with Crippen molar-refractivity contribution in [3.05, 3.63) is 46.6 Å². The van der Waals surface area contributed by atoms with Gasteiger partial charge in [0.1, 0.15) is 5.82 Å². The number of carbonyl (C=O) groups excluding carboxylic acids is 1. The maximum Gasteiger partial charge on any atom is 0.320 e. The maximum atomic E-state index is 12.0. The van der Waals surface area contributed by atoms with E-state index in [1.807, 2.05) is 19.1 Å². The Bertz CT molecular complexity index is 855. The van der Waals surface area contributed by atoms with Gasteiger partial charge >= 0.3 is 6.03 Å². The lowest BCUT2D eigenvalue weighted by Gasteiger charge is -2.10. The minimum Gasteiger partial charge on any atom is -0.382 e. The standard InChI is InChI=1S/C15H15ClN6O/c1-8-3-2-4-11(16)9(8)6-19-15(23)20-13-5-12-10(7-18-13)14(17)22-21-12/h2-5,7H,6H2,1H3,(H3,17,21,22)(H2,18,19,20,23). The van der Waals surface area contributed by atoms with E-state index in [1.165, 1.54) is 0 Å². The number of amides is 2.